The Labute approximate surface area is 127 Å². The molecule has 0 fully saturated rings. The molecule has 110 valence electrons. The van der Waals surface area contributed by atoms with Crippen LogP contribution in [0.25, 0.3) is 0 Å². The number of para-hydroxylation sites is 1. The number of halogens is 2. The number of benzene rings is 2. The van der Waals surface area contributed by atoms with Crippen molar-refractivity contribution in [2.24, 2.45) is 0 Å². The van der Waals surface area contributed by atoms with E-state index in [-0.39, 0.29) is 24.6 Å². The van der Waals surface area contributed by atoms with Crippen molar-refractivity contribution in [1.82, 2.24) is 0 Å². The van der Waals surface area contributed by atoms with Crippen LogP contribution in [0.3, 0.4) is 0 Å². The highest BCUT2D eigenvalue weighted by Gasteiger charge is 2.10. The van der Waals surface area contributed by atoms with Crippen molar-refractivity contribution in [1.29, 1.82) is 0 Å². The molecular formula is C16H14ClFO3. The van der Waals surface area contributed by atoms with Crippen molar-refractivity contribution in [3.63, 3.8) is 0 Å². The van der Waals surface area contributed by atoms with E-state index < -0.39 is 5.82 Å². The van der Waals surface area contributed by atoms with E-state index in [4.69, 9.17) is 21.1 Å². The van der Waals surface area contributed by atoms with Gasteiger partial charge in [-0.2, -0.15) is 0 Å². The van der Waals surface area contributed by atoms with E-state index in [0.29, 0.717) is 16.5 Å². The van der Waals surface area contributed by atoms with Gasteiger partial charge < -0.3 is 9.47 Å². The lowest BCUT2D eigenvalue weighted by Crippen LogP contribution is -2.11. The van der Waals surface area contributed by atoms with Crippen LogP contribution in [-0.4, -0.2) is 19.0 Å². The summed E-state index contributed by atoms with van der Waals surface area (Å²) in [4.78, 5) is 11.4. The minimum absolute atomic E-state index is 0.216. The first-order chi connectivity index (χ1) is 10.1. The Morgan fingerprint density at radius 3 is 2.43 bits per heavy atom. The second kappa shape index (κ2) is 7.09. The highest BCUT2D eigenvalue weighted by molar-refractivity contribution is 6.32. The monoisotopic (exact) mass is 308 g/mol. The summed E-state index contributed by atoms with van der Waals surface area (Å²) < 4.78 is 24.0. The number of hydrogen-bond donors (Lipinski definition) is 0. The first-order valence-electron chi connectivity index (χ1n) is 6.38. The van der Waals surface area contributed by atoms with Crippen LogP contribution in [0.4, 0.5) is 4.39 Å². The zero-order valence-electron chi connectivity index (χ0n) is 11.4. The Morgan fingerprint density at radius 1 is 1.10 bits per heavy atom. The van der Waals surface area contributed by atoms with Crippen LogP contribution >= 0.6 is 11.6 Å². The van der Waals surface area contributed by atoms with E-state index in [9.17, 15) is 9.18 Å². The van der Waals surface area contributed by atoms with Crippen LogP contribution < -0.4 is 9.47 Å². The van der Waals surface area contributed by atoms with Crippen molar-refractivity contribution in [3.8, 4) is 11.5 Å². The molecule has 0 amide bonds. The van der Waals surface area contributed by atoms with Gasteiger partial charge in [0.05, 0.1) is 10.6 Å². The lowest BCUT2D eigenvalue weighted by molar-refractivity contribution is 0.101. The average Bonchev–Trinajstić information content (AvgIpc) is 2.46. The van der Waals surface area contributed by atoms with Crippen LogP contribution in [0.5, 0.6) is 11.5 Å². The Balaban J connectivity index is 1.92. The molecule has 0 saturated carbocycles. The molecule has 0 unspecified atom stereocenters. The number of rotatable bonds is 6. The highest BCUT2D eigenvalue weighted by atomic mass is 35.5. The summed E-state index contributed by atoms with van der Waals surface area (Å²) in [5.74, 6) is 0.178. The van der Waals surface area contributed by atoms with E-state index in [0.717, 1.165) is 6.07 Å². The van der Waals surface area contributed by atoms with Crippen LogP contribution in [0.15, 0.2) is 42.5 Å². The van der Waals surface area contributed by atoms with Gasteiger partial charge in [0.25, 0.3) is 0 Å². The van der Waals surface area contributed by atoms with Gasteiger partial charge in [-0.05, 0) is 37.3 Å². The number of ketones is 1. The number of carbonyl (C=O) groups excluding carboxylic acids is 1. The summed E-state index contributed by atoms with van der Waals surface area (Å²) in [6.07, 6.45) is 0. The molecule has 0 radical (unpaired) electrons. The predicted octanol–water partition coefficient (Wildman–Crippen LogP) is 4.14. The van der Waals surface area contributed by atoms with Gasteiger partial charge in [0.15, 0.2) is 5.78 Å². The maximum absolute atomic E-state index is 13.1. The maximum atomic E-state index is 13.1. The number of Topliss-reactive ketones (excluding diaryl/α,β-unsaturated/α-hetero) is 1. The van der Waals surface area contributed by atoms with Gasteiger partial charge >= 0.3 is 0 Å². The van der Waals surface area contributed by atoms with Gasteiger partial charge in [-0.1, -0.05) is 23.7 Å². The SMILES string of the molecule is CC(=O)c1cc(F)ccc1OCCOc1ccccc1Cl. The topological polar surface area (TPSA) is 35.5 Å². The molecule has 0 aromatic heterocycles. The van der Waals surface area contributed by atoms with Gasteiger partial charge in [-0.25, -0.2) is 4.39 Å². The van der Waals surface area contributed by atoms with Crippen molar-refractivity contribution >= 4 is 17.4 Å². The molecule has 0 saturated heterocycles. The molecule has 0 heterocycles. The summed E-state index contributed by atoms with van der Waals surface area (Å²) in [6, 6.07) is 10.9. The Morgan fingerprint density at radius 2 is 1.76 bits per heavy atom. The third kappa shape index (κ3) is 4.20. The summed E-state index contributed by atoms with van der Waals surface area (Å²) >= 11 is 5.95. The first kappa shape index (κ1) is 15.3. The van der Waals surface area contributed by atoms with Crippen molar-refractivity contribution in [3.05, 3.63) is 58.9 Å². The normalized spacial score (nSPS) is 10.2. The summed E-state index contributed by atoms with van der Waals surface area (Å²) in [7, 11) is 0. The van der Waals surface area contributed by atoms with Gasteiger partial charge in [-0.3, -0.25) is 4.79 Å². The van der Waals surface area contributed by atoms with Crippen molar-refractivity contribution in [2.45, 2.75) is 6.92 Å². The molecule has 0 aliphatic rings. The number of hydrogen-bond acceptors (Lipinski definition) is 3. The molecular weight excluding hydrogens is 295 g/mol. The minimum Gasteiger partial charge on any atom is -0.489 e. The van der Waals surface area contributed by atoms with Gasteiger partial charge in [-0.15, -0.1) is 0 Å². The molecule has 0 atom stereocenters. The maximum Gasteiger partial charge on any atom is 0.163 e. The Bertz CT molecular complexity index is 643. The molecule has 2 aromatic carbocycles. The third-order valence-corrected chi connectivity index (χ3v) is 3.07. The molecule has 21 heavy (non-hydrogen) atoms. The molecule has 5 heteroatoms. The second-order valence-electron chi connectivity index (χ2n) is 4.32. The molecule has 0 spiro atoms. The van der Waals surface area contributed by atoms with E-state index in [2.05, 4.69) is 0 Å². The Kier molecular flexibility index (Phi) is 5.17. The van der Waals surface area contributed by atoms with Crippen molar-refractivity contribution < 1.29 is 18.7 Å². The lowest BCUT2D eigenvalue weighted by Gasteiger charge is -2.11. The summed E-state index contributed by atoms with van der Waals surface area (Å²) in [6.45, 7) is 1.84. The van der Waals surface area contributed by atoms with Crippen LogP contribution in [0, 0.1) is 5.82 Å². The molecule has 0 aliphatic heterocycles. The lowest BCUT2D eigenvalue weighted by atomic mass is 10.1. The predicted molar refractivity (Wildman–Crippen MR) is 78.8 cm³/mol. The van der Waals surface area contributed by atoms with Crippen LogP contribution in [-0.2, 0) is 0 Å². The average molecular weight is 309 g/mol. The molecule has 0 bridgehead atoms. The fraction of sp³-hybridized carbons (Fsp3) is 0.188. The number of carbonyl (C=O) groups is 1. The third-order valence-electron chi connectivity index (χ3n) is 2.76. The van der Waals surface area contributed by atoms with Crippen molar-refractivity contribution in [2.75, 3.05) is 13.2 Å². The Hall–Kier alpha value is -2.07. The molecule has 2 aromatic rings. The van der Waals surface area contributed by atoms with Crippen LogP contribution in [0.1, 0.15) is 17.3 Å². The van der Waals surface area contributed by atoms with E-state index in [1.54, 1.807) is 12.1 Å². The first-order valence-corrected chi connectivity index (χ1v) is 6.76. The highest BCUT2D eigenvalue weighted by Crippen LogP contribution is 2.23. The summed E-state index contributed by atoms with van der Waals surface area (Å²) in [5, 5.41) is 0.517. The van der Waals surface area contributed by atoms with E-state index in [1.807, 2.05) is 12.1 Å². The second-order valence-corrected chi connectivity index (χ2v) is 4.73. The zero-order chi connectivity index (χ0) is 15.2. The zero-order valence-corrected chi connectivity index (χ0v) is 12.2. The quantitative estimate of drug-likeness (QED) is 0.594. The molecule has 0 aliphatic carbocycles. The van der Waals surface area contributed by atoms with Crippen LogP contribution in [0.2, 0.25) is 5.02 Å². The van der Waals surface area contributed by atoms with E-state index >= 15 is 0 Å². The largest absolute Gasteiger partial charge is 0.489 e. The molecule has 0 N–H and O–H groups in total. The van der Waals surface area contributed by atoms with E-state index in [1.165, 1.54) is 19.1 Å². The van der Waals surface area contributed by atoms with Gasteiger partial charge in [0.2, 0.25) is 0 Å². The van der Waals surface area contributed by atoms with Gasteiger partial charge in [0, 0.05) is 0 Å². The minimum atomic E-state index is -0.472. The van der Waals surface area contributed by atoms with Gasteiger partial charge in [0.1, 0.15) is 30.5 Å². The smallest absolute Gasteiger partial charge is 0.163 e. The fourth-order valence-corrected chi connectivity index (χ4v) is 1.96. The number of ether oxygens (including phenoxy) is 2. The molecule has 2 rings (SSSR count). The standard InChI is InChI=1S/C16H14ClFO3/c1-11(19)13-10-12(18)6-7-15(13)20-8-9-21-16-5-3-2-4-14(16)17/h2-7,10H,8-9H2,1H3. The molecule has 3 nitrogen and oxygen atoms in total. The fourth-order valence-electron chi connectivity index (χ4n) is 1.77. The summed E-state index contributed by atoms with van der Waals surface area (Å²) in [5.41, 5.74) is 0.216.